The maximum Gasteiger partial charge on any atom is 0.246 e. The fourth-order valence-corrected chi connectivity index (χ4v) is 1.72. The van der Waals surface area contributed by atoms with Gasteiger partial charge in [-0.15, -0.1) is 0 Å². The molecule has 0 aliphatic rings. The average Bonchev–Trinajstić information content (AvgIpc) is 2.27. The van der Waals surface area contributed by atoms with Crippen molar-refractivity contribution in [3.63, 3.8) is 0 Å². The van der Waals surface area contributed by atoms with E-state index in [1.165, 1.54) is 19.2 Å². The highest BCUT2D eigenvalue weighted by Gasteiger charge is 2.11. The first-order chi connectivity index (χ1) is 8.34. The monoisotopic (exact) mass is 306 g/mol. The number of hydrogen-bond donors (Lipinski definition) is 2. The van der Waals surface area contributed by atoms with Crippen LogP contribution in [0.15, 0.2) is 17.2 Å². The predicted octanol–water partition coefficient (Wildman–Crippen LogP) is 2.72. The number of rotatable bonds is 2. The van der Waals surface area contributed by atoms with Gasteiger partial charge in [0.05, 0.1) is 21.3 Å². The zero-order chi connectivity index (χ0) is 13.9. The van der Waals surface area contributed by atoms with E-state index in [0.29, 0.717) is 20.6 Å². The van der Waals surface area contributed by atoms with Crippen molar-refractivity contribution in [2.45, 2.75) is 6.92 Å². The first-order valence-corrected chi connectivity index (χ1v) is 5.80. The standard InChI is InChI=1S/C10H9Cl3N4O/c1-5(18)17(10(14)15)16-4-6-7(11)2-3-8(12)9(6)13/h2-4H,1H3,(H3,14,15)/b16-4+. The number of guanidine groups is 1. The summed E-state index contributed by atoms with van der Waals surface area (Å²) in [6.07, 6.45) is 1.22. The van der Waals surface area contributed by atoms with E-state index in [-0.39, 0.29) is 5.02 Å². The molecule has 0 fully saturated rings. The molecule has 0 saturated carbocycles. The Bertz CT molecular complexity index is 516. The van der Waals surface area contributed by atoms with E-state index in [4.69, 9.17) is 45.9 Å². The van der Waals surface area contributed by atoms with Gasteiger partial charge in [0.1, 0.15) is 0 Å². The summed E-state index contributed by atoms with van der Waals surface area (Å²) >= 11 is 17.7. The number of hydrogen-bond acceptors (Lipinski definition) is 3. The molecule has 5 nitrogen and oxygen atoms in total. The van der Waals surface area contributed by atoms with Crippen LogP contribution in [-0.4, -0.2) is 23.1 Å². The van der Waals surface area contributed by atoms with Gasteiger partial charge >= 0.3 is 0 Å². The third-order valence-corrected chi connectivity index (χ3v) is 3.06. The lowest BCUT2D eigenvalue weighted by molar-refractivity contribution is -0.125. The second-order valence-electron chi connectivity index (χ2n) is 3.22. The number of benzene rings is 1. The van der Waals surface area contributed by atoms with Gasteiger partial charge in [-0.3, -0.25) is 10.2 Å². The van der Waals surface area contributed by atoms with Crippen LogP contribution in [0.5, 0.6) is 0 Å². The van der Waals surface area contributed by atoms with Gasteiger partial charge in [0.25, 0.3) is 0 Å². The van der Waals surface area contributed by atoms with Crippen molar-refractivity contribution in [3.8, 4) is 0 Å². The van der Waals surface area contributed by atoms with Gasteiger partial charge in [0, 0.05) is 12.5 Å². The van der Waals surface area contributed by atoms with Crippen molar-refractivity contribution < 1.29 is 4.79 Å². The number of nitrogens with two attached hydrogens (primary N) is 1. The number of halogens is 3. The fraction of sp³-hybridized carbons (Fsp3) is 0.100. The summed E-state index contributed by atoms with van der Waals surface area (Å²) in [4.78, 5) is 11.1. The Morgan fingerprint density at radius 3 is 2.44 bits per heavy atom. The molecule has 0 aliphatic carbocycles. The number of hydrazone groups is 1. The van der Waals surface area contributed by atoms with Crippen LogP contribution in [0.1, 0.15) is 12.5 Å². The molecule has 0 aromatic heterocycles. The molecule has 0 radical (unpaired) electrons. The van der Waals surface area contributed by atoms with Crippen molar-refractivity contribution in [2.75, 3.05) is 0 Å². The molecule has 3 N–H and O–H groups in total. The van der Waals surface area contributed by atoms with E-state index in [9.17, 15) is 4.79 Å². The summed E-state index contributed by atoms with van der Waals surface area (Å²) in [7, 11) is 0. The topological polar surface area (TPSA) is 82.5 Å². The predicted molar refractivity (Wildman–Crippen MR) is 73.5 cm³/mol. The molecular formula is C10H9Cl3N4O. The molecule has 8 heteroatoms. The van der Waals surface area contributed by atoms with Crippen LogP contribution in [0.2, 0.25) is 15.1 Å². The lowest BCUT2D eigenvalue weighted by Gasteiger charge is -2.12. The van der Waals surface area contributed by atoms with E-state index < -0.39 is 11.9 Å². The Labute approximate surface area is 119 Å². The first-order valence-electron chi connectivity index (χ1n) is 4.66. The quantitative estimate of drug-likeness (QED) is 0.381. The highest BCUT2D eigenvalue weighted by atomic mass is 35.5. The van der Waals surface area contributed by atoms with E-state index >= 15 is 0 Å². The van der Waals surface area contributed by atoms with Crippen LogP contribution in [0.3, 0.4) is 0 Å². The summed E-state index contributed by atoms with van der Waals surface area (Å²) < 4.78 is 0. The molecule has 1 rings (SSSR count). The number of carbonyl (C=O) groups excluding carboxylic acids is 1. The number of amides is 1. The van der Waals surface area contributed by atoms with Crippen LogP contribution in [0.4, 0.5) is 0 Å². The molecule has 0 aliphatic heterocycles. The lowest BCUT2D eigenvalue weighted by Crippen LogP contribution is -2.35. The van der Waals surface area contributed by atoms with Crippen molar-refractivity contribution in [3.05, 3.63) is 32.8 Å². The van der Waals surface area contributed by atoms with Gasteiger partial charge in [-0.25, -0.2) is 0 Å². The highest BCUT2D eigenvalue weighted by molar-refractivity contribution is 6.45. The maximum absolute atomic E-state index is 11.1. The Hall–Kier alpha value is -1.30. The van der Waals surface area contributed by atoms with Gasteiger partial charge in [-0.05, 0) is 12.1 Å². The summed E-state index contributed by atoms with van der Waals surface area (Å²) in [5.41, 5.74) is 5.54. The van der Waals surface area contributed by atoms with E-state index in [2.05, 4.69) is 5.10 Å². The third kappa shape index (κ3) is 3.35. The van der Waals surface area contributed by atoms with E-state index in [1.807, 2.05) is 0 Å². The van der Waals surface area contributed by atoms with Gasteiger partial charge in [0.2, 0.25) is 11.9 Å². The van der Waals surface area contributed by atoms with E-state index in [0.717, 1.165) is 0 Å². The summed E-state index contributed by atoms with van der Waals surface area (Å²) in [5, 5.41) is 12.4. The van der Waals surface area contributed by atoms with Crippen molar-refractivity contribution >= 4 is 52.9 Å². The molecule has 96 valence electrons. The van der Waals surface area contributed by atoms with Gasteiger partial charge in [0.15, 0.2) is 0 Å². The van der Waals surface area contributed by atoms with Crippen LogP contribution >= 0.6 is 34.8 Å². The van der Waals surface area contributed by atoms with Crippen LogP contribution < -0.4 is 5.73 Å². The van der Waals surface area contributed by atoms with Crippen LogP contribution in [0.25, 0.3) is 0 Å². The van der Waals surface area contributed by atoms with Crippen LogP contribution in [-0.2, 0) is 4.79 Å². The molecule has 0 atom stereocenters. The molecule has 1 amide bonds. The number of nitrogens with one attached hydrogen (secondary N) is 1. The Kier molecular flexibility index (Phi) is 4.95. The highest BCUT2D eigenvalue weighted by Crippen LogP contribution is 2.30. The smallest absolute Gasteiger partial charge is 0.246 e. The lowest BCUT2D eigenvalue weighted by atomic mass is 10.2. The summed E-state index contributed by atoms with van der Waals surface area (Å²) in [5.74, 6) is -1.01. The molecule has 0 spiro atoms. The molecule has 1 aromatic carbocycles. The minimum Gasteiger partial charge on any atom is -0.368 e. The molecule has 0 saturated heterocycles. The zero-order valence-corrected chi connectivity index (χ0v) is 11.5. The minimum absolute atomic E-state index is 0.208. The number of carbonyl (C=O) groups is 1. The van der Waals surface area contributed by atoms with Crippen molar-refractivity contribution in [1.82, 2.24) is 5.01 Å². The molecule has 0 bridgehead atoms. The van der Waals surface area contributed by atoms with Gasteiger partial charge in [-0.1, -0.05) is 34.8 Å². The Morgan fingerprint density at radius 1 is 1.39 bits per heavy atom. The maximum atomic E-state index is 11.1. The van der Waals surface area contributed by atoms with E-state index in [1.54, 1.807) is 6.07 Å². The number of nitrogens with zero attached hydrogens (tertiary/aromatic N) is 2. The Morgan fingerprint density at radius 2 is 1.94 bits per heavy atom. The second-order valence-corrected chi connectivity index (χ2v) is 4.41. The van der Waals surface area contributed by atoms with Gasteiger partial charge in [-0.2, -0.15) is 10.1 Å². The molecule has 18 heavy (non-hydrogen) atoms. The SMILES string of the molecule is CC(=O)N(/N=C/c1c(Cl)ccc(Cl)c1Cl)C(=N)N. The molecule has 0 heterocycles. The van der Waals surface area contributed by atoms with Crippen molar-refractivity contribution in [1.29, 1.82) is 5.41 Å². The average molecular weight is 308 g/mol. The second kappa shape index (κ2) is 6.04. The summed E-state index contributed by atoms with van der Waals surface area (Å²) in [6, 6.07) is 3.08. The largest absolute Gasteiger partial charge is 0.368 e. The third-order valence-electron chi connectivity index (χ3n) is 1.91. The molecular weight excluding hydrogens is 298 g/mol. The van der Waals surface area contributed by atoms with Gasteiger partial charge < -0.3 is 5.73 Å². The minimum atomic E-state index is -0.506. The zero-order valence-electron chi connectivity index (χ0n) is 9.25. The normalized spacial score (nSPS) is 10.7. The molecule has 0 unspecified atom stereocenters. The Balaban J connectivity index is 3.14. The molecule has 1 aromatic rings. The summed E-state index contributed by atoms with van der Waals surface area (Å²) in [6.45, 7) is 1.22. The van der Waals surface area contributed by atoms with Crippen molar-refractivity contribution in [2.24, 2.45) is 10.8 Å². The fourth-order valence-electron chi connectivity index (χ4n) is 1.09. The first kappa shape index (κ1) is 14.8. The van der Waals surface area contributed by atoms with Crippen LogP contribution in [0, 0.1) is 5.41 Å².